The van der Waals surface area contributed by atoms with Gasteiger partial charge in [-0.3, -0.25) is 0 Å². The normalized spacial score (nSPS) is 16.0. The number of esters is 1. The van der Waals surface area contributed by atoms with Gasteiger partial charge in [-0.1, -0.05) is 23.2 Å². The van der Waals surface area contributed by atoms with Crippen LogP contribution in [0.2, 0.25) is 10.2 Å². The zero-order valence-electron chi connectivity index (χ0n) is 16.6. The first-order chi connectivity index (χ1) is 15.1. The van der Waals surface area contributed by atoms with E-state index in [0.717, 1.165) is 11.0 Å². The Bertz CT molecular complexity index is 1220. The van der Waals surface area contributed by atoms with Gasteiger partial charge in [-0.05, 0) is 38.1 Å². The summed E-state index contributed by atoms with van der Waals surface area (Å²) >= 11 is 12.5. The van der Waals surface area contributed by atoms with Gasteiger partial charge >= 0.3 is 12.1 Å². The zero-order chi connectivity index (χ0) is 23.2. The molecular formula is C19H15Cl2F3N6O2. The summed E-state index contributed by atoms with van der Waals surface area (Å²) < 4.78 is 49.3. The SMILES string of the molecule is CCOC(=O)C1=C(C(F)(F)F)Nc2ncnn2C1c1c(C)nn(-c2ccc(Cl)cc2)c1Cl. The van der Waals surface area contributed by atoms with Gasteiger partial charge in [-0.25, -0.2) is 14.2 Å². The Kier molecular flexibility index (Phi) is 5.63. The van der Waals surface area contributed by atoms with Crippen molar-refractivity contribution < 1.29 is 22.7 Å². The molecule has 2 aromatic heterocycles. The van der Waals surface area contributed by atoms with E-state index in [1.165, 1.54) is 11.6 Å². The Morgan fingerprint density at radius 3 is 2.56 bits per heavy atom. The fourth-order valence-corrected chi connectivity index (χ4v) is 3.96. The Labute approximate surface area is 189 Å². The predicted molar refractivity (Wildman–Crippen MR) is 110 cm³/mol. The Morgan fingerprint density at radius 1 is 1.25 bits per heavy atom. The molecule has 1 unspecified atom stereocenters. The van der Waals surface area contributed by atoms with Crippen molar-refractivity contribution in [1.82, 2.24) is 24.5 Å². The first-order valence-corrected chi connectivity index (χ1v) is 10.0. The van der Waals surface area contributed by atoms with Crippen LogP contribution in [-0.2, 0) is 9.53 Å². The zero-order valence-corrected chi connectivity index (χ0v) is 18.1. The molecule has 0 spiro atoms. The van der Waals surface area contributed by atoms with Crippen molar-refractivity contribution in [3.8, 4) is 5.69 Å². The van der Waals surface area contributed by atoms with Crippen molar-refractivity contribution in [2.24, 2.45) is 0 Å². The second-order valence-electron chi connectivity index (χ2n) is 6.74. The molecule has 13 heteroatoms. The molecule has 0 bridgehead atoms. The fourth-order valence-electron chi connectivity index (χ4n) is 3.45. The number of carbonyl (C=O) groups is 1. The van der Waals surface area contributed by atoms with Gasteiger partial charge in [-0.15, -0.1) is 0 Å². The predicted octanol–water partition coefficient (Wildman–Crippen LogP) is 4.47. The molecule has 3 aromatic rings. The van der Waals surface area contributed by atoms with Crippen LogP contribution in [0.25, 0.3) is 5.69 Å². The lowest BCUT2D eigenvalue weighted by atomic mass is 9.95. The maximum Gasteiger partial charge on any atom is 0.431 e. The molecule has 1 aliphatic rings. The summed E-state index contributed by atoms with van der Waals surface area (Å²) in [5, 5.41) is 11.0. The number of carbonyl (C=O) groups excluding carboxylic acids is 1. The number of benzene rings is 1. The molecule has 1 N–H and O–H groups in total. The highest BCUT2D eigenvalue weighted by molar-refractivity contribution is 6.31. The number of nitrogens with one attached hydrogen (secondary N) is 1. The van der Waals surface area contributed by atoms with E-state index in [2.05, 4.69) is 20.5 Å². The van der Waals surface area contributed by atoms with Crippen LogP contribution in [-0.4, -0.2) is 43.3 Å². The summed E-state index contributed by atoms with van der Waals surface area (Å²) in [6, 6.07) is 5.16. The van der Waals surface area contributed by atoms with Crippen molar-refractivity contribution in [3.63, 3.8) is 0 Å². The van der Waals surface area contributed by atoms with Crippen molar-refractivity contribution >= 4 is 35.1 Å². The molecule has 4 rings (SSSR count). The standard InChI is InChI=1S/C19H15Cl2F3N6O2/c1-3-32-17(31)13-14(30-18(25-8-26-30)27-15(13)19(22,23)24)12-9(2)28-29(16(12)21)11-6-4-10(20)5-7-11/h4-8,14H,3H2,1-2H3,(H,25,26,27). The minimum Gasteiger partial charge on any atom is -0.463 e. The van der Waals surface area contributed by atoms with E-state index < -0.39 is 29.5 Å². The third kappa shape index (κ3) is 3.71. The Morgan fingerprint density at radius 2 is 1.94 bits per heavy atom. The topological polar surface area (TPSA) is 86.9 Å². The van der Waals surface area contributed by atoms with E-state index in [4.69, 9.17) is 27.9 Å². The minimum atomic E-state index is -4.90. The number of alkyl halides is 3. The van der Waals surface area contributed by atoms with Crippen LogP contribution in [0.1, 0.15) is 24.2 Å². The number of aryl methyl sites for hydroxylation is 1. The third-order valence-electron chi connectivity index (χ3n) is 4.77. The lowest BCUT2D eigenvalue weighted by molar-refractivity contribution is -0.140. The quantitative estimate of drug-likeness (QED) is 0.547. The summed E-state index contributed by atoms with van der Waals surface area (Å²) in [7, 11) is 0. The van der Waals surface area contributed by atoms with Crippen LogP contribution in [0.3, 0.4) is 0 Å². The van der Waals surface area contributed by atoms with Gasteiger partial charge in [0.25, 0.3) is 0 Å². The van der Waals surface area contributed by atoms with E-state index in [0.29, 0.717) is 16.4 Å². The van der Waals surface area contributed by atoms with Gasteiger partial charge in [0.2, 0.25) is 5.95 Å². The van der Waals surface area contributed by atoms with E-state index in [1.807, 2.05) is 0 Å². The van der Waals surface area contributed by atoms with E-state index in [1.54, 1.807) is 31.2 Å². The van der Waals surface area contributed by atoms with Gasteiger partial charge in [0, 0.05) is 10.6 Å². The van der Waals surface area contributed by atoms with Crippen molar-refractivity contribution in [2.45, 2.75) is 26.1 Å². The number of rotatable bonds is 4. The van der Waals surface area contributed by atoms with Crippen LogP contribution >= 0.6 is 23.2 Å². The number of anilines is 1. The second kappa shape index (κ2) is 8.14. The molecule has 0 aliphatic carbocycles. The summed E-state index contributed by atoms with van der Waals surface area (Å²) in [5.41, 5.74) is -1.02. The Hall–Kier alpha value is -3.05. The number of nitrogens with zero attached hydrogens (tertiary/aromatic N) is 5. The highest BCUT2D eigenvalue weighted by Crippen LogP contribution is 2.44. The van der Waals surface area contributed by atoms with E-state index in [-0.39, 0.29) is 23.3 Å². The highest BCUT2D eigenvalue weighted by atomic mass is 35.5. The van der Waals surface area contributed by atoms with Gasteiger partial charge < -0.3 is 10.1 Å². The van der Waals surface area contributed by atoms with E-state index in [9.17, 15) is 18.0 Å². The van der Waals surface area contributed by atoms with E-state index >= 15 is 0 Å². The van der Waals surface area contributed by atoms with Gasteiger partial charge in [0.1, 0.15) is 23.2 Å². The van der Waals surface area contributed by atoms with Gasteiger partial charge in [0.05, 0.1) is 23.6 Å². The molecule has 1 aromatic carbocycles. The van der Waals surface area contributed by atoms with Crippen LogP contribution in [0, 0.1) is 6.92 Å². The molecule has 3 heterocycles. The monoisotopic (exact) mass is 486 g/mol. The van der Waals surface area contributed by atoms with Crippen molar-refractivity contribution in [3.05, 3.63) is 63.3 Å². The largest absolute Gasteiger partial charge is 0.463 e. The first kappa shape index (κ1) is 22.2. The molecule has 8 nitrogen and oxygen atoms in total. The smallest absolute Gasteiger partial charge is 0.431 e. The molecule has 0 radical (unpaired) electrons. The number of allylic oxidation sites excluding steroid dienone is 1. The number of hydrogen-bond donors (Lipinski definition) is 1. The van der Waals surface area contributed by atoms with Crippen molar-refractivity contribution in [2.75, 3.05) is 11.9 Å². The fraction of sp³-hybridized carbons (Fsp3) is 0.263. The molecule has 0 saturated carbocycles. The average molecular weight is 487 g/mol. The minimum absolute atomic E-state index is 0.00138. The summed E-state index contributed by atoms with van der Waals surface area (Å²) in [6.07, 6.45) is -3.83. The molecule has 0 saturated heterocycles. The van der Waals surface area contributed by atoms with Gasteiger partial charge in [0.15, 0.2) is 0 Å². The number of halogens is 5. The summed E-state index contributed by atoms with van der Waals surface area (Å²) in [5.74, 6) is -1.36. The highest BCUT2D eigenvalue weighted by Gasteiger charge is 2.48. The number of fused-ring (bicyclic) bond motifs is 1. The van der Waals surface area contributed by atoms with Crippen LogP contribution in [0.15, 0.2) is 41.9 Å². The maximum atomic E-state index is 13.9. The molecule has 32 heavy (non-hydrogen) atoms. The van der Waals surface area contributed by atoms with Crippen molar-refractivity contribution in [1.29, 1.82) is 0 Å². The molecule has 1 atom stereocenters. The summed E-state index contributed by atoms with van der Waals surface area (Å²) in [6.45, 7) is 2.94. The Balaban J connectivity index is 1.97. The maximum absolute atomic E-state index is 13.9. The van der Waals surface area contributed by atoms with Crippen LogP contribution in [0.4, 0.5) is 19.1 Å². The van der Waals surface area contributed by atoms with Crippen LogP contribution in [0.5, 0.6) is 0 Å². The number of aromatic nitrogens is 5. The molecule has 0 fully saturated rings. The lowest BCUT2D eigenvalue weighted by Gasteiger charge is -2.29. The third-order valence-corrected chi connectivity index (χ3v) is 5.38. The average Bonchev–Trinajstić information content (AvgIpc) is 3.31. The molecule has 168 valence electrons. The van der Waals surface area contributed by atoms with Crippen LogP contribution < -0.4 is 5.32 Å². The number of ether oxygens (including phenoxy) is 1. The molecule has 1 aliphatic heterocycles. The lowest BCUT2D eigenvalue weighted by Crippen LogP contribution is -2.36. The molecular weight excluding hydrogens is 472 g/mol. The second-order valence-corrected chi connectivity index (χ2v) is 7.54. The molecule has 0 amide bonds. The first-order valence-electron chi connectivity index (χ1n) is 9.29. The number of hydrogen-bond acceptors (Lipinski definition) is 6. The summed E-state index contributed by atoms with van der Waals surface area (Å²) in [4.78, 5) is 16.6. The van der Waals surface area contributed by atoms with Gasteiger partial charge in [-0.2, -0.15) is 28.4 Å².